The number of hydrogen-bond donors (Lipinski definition) is 3. The maximum absolute atomic E-state index is 11.5. The first-order chi connectivity index (χ1) is 9.97. The first-order valence-electron chi connectivity index (χ1n) is 6.63. The molecule has 0 unspecified atom stereocenters. The molecule has 0 radical (unpaired) electrons. The monoisotopic (exact) mass is 333 g/mol. The second-order valence-corrected chi connectivity index (χ2v) is 6.59. The summed E-state index contributed by atoms with van der Waals surface area (Å²) in [6.07, 6.45) is -1.31. The smallest absolute Gasteiger partial charge is 0.323 e. The van der Waals surface area contributed by atoms with E-state index in [4.69, 9.17) is 20.1 Å². The number of aliphatic hydroxyl groups excluding tert-OH is 1. The molecule has 2 atom stereocenters. The Morgan fingerprint density at radius 1 is 1.18 bits per heavy atom. The zero-order chi connectivity index (χ0) is 17.5. The lowest BCUT2D eigenvalue weighted by Crippen LogP contribution is -2.39. The van der Waals surface area contributed by atoms with Crippen molar-refractivity contribution in [2.75, 3.05) is 0 Å². The van der Waals surface area contributed by atoms with E-state index in [-0.39, 0.29) is 11.0 Å². The summed E-state index contributed by atoms with van der Waals surface area (Å²) in [7, 11) is -3.58. The molecule has 1 aromatic carbocycles. The number of carbonyl (C=O) groups is 1. The highest BCUT2D eigenvalue weighted by Crippen LogP contribution is 2.14. The third-order valence-corrected chi connectivity index (χ3v) is 3.92. The van der Waals surface area contributed by atoms with Gasteiger partial charge in [-0.25, -0.2) is 0 Å². The molecule has 0 amide bonds. The van der Waals surface area contributed by atoms with Crippen LogP contribution in [0.3, 0.4) is 0 Å². The van der Waals surface area contributed by atoms with E-state index in [1.165, 1.54) is 6.92 Å². The van der Waals surface area contributed by atoms with Gasteiger partial charge in [-0.15, -0.1) is 0 Å². The molecule has 0 spiro atoms. The molecule has 126 valence electrons. The summed E-state index contributed by atoms with van der Waals surface area (Å²) < 4.78 is 27.9. The lowest BCUT2D eigenvalue weighted by atomic mass is 10.2. The Morgan fingerprint density at radius 2 is 1.64 bits per heavy atom. The molecule has 22 heavy (non-hydrogen) atoms. The predicted octanol–water partition coefficient (Wildman–Crippen LogP) is 0.888. The van der Waals surface area contributed by atoms with Crippen LogP contribution < -0.4 is 5.73 Å². The van der Waals surface area contributed by atoms with Gasteiger partial charge in [-0.3, -0.25) is 8.98 Å². The van der Waals surface area contributed by atoms with Gasteiger partial charge in [-0.2, -0.15) is 8.42 Å². The number of aliphatic hydroxyl groups is 1. The Kier molecular flexibility index (Phi) is 8.25. The Labute approximate surface area is 130 Å². The number of aryl methyl sites for hydroxylation is 1. The molecule has 0 heterocycles. The van der Waals surface area contributed by atoms with Crippen LogP contribution in [0.5, 0.6) is 0 Å². The van der Waals surface area contributed by atoms with Gasteiger partial charge in [0.1, 0.15) is 6.04 Å². The zero-order valence-electron chi connectivity index (χ0n) is 13.1. The normalized spacial score (nSPS) is 14.0. The van der Waals surface area contributed by atoms with Gasteiger partial charge in [-0.05, 0) is 39.8 Å². The maximum atomic E-state index is 11.5. The van der Waals surface area contributed by atoms with Crippen LogP contribution in [0.4, 0.5) is 0 Å². The van der Waals surface area contributed by atoms with Crippen LogP contribution in [-0.4, -0.2) is 42.8 Å². The Morgan fingerprint density at radius 3 is 1.91 bits per heavy atom. The highest BCUT2D eigenvalue weighted by Gasteiger charge is 2.16. The summed E-state index contributed by atoms with van der Waals surface area (Å²) >= 11 is 0. The Balaban J connectivity index is 0.000000472. The van der Waals surface area contributed by atoms with Gasteiger partial charge in [0.05, 0.1) is 17.1 Å². The molecule has 1 rings (SSSR count). The van der Waals surface area contributed by atoms with Crippen LogP contribution in [-0.2, 0) is 19.1 Å². The molecule has 4 N–H and O–H groups in total. The van der Waals surface area contributed by atoms with Crippen LogP contribution in [0.25, 0.3) is 0 Å². The van der Waals surface area contributed by atoms with Crippen LogP contribution in [0, 0.1) is 6.92 Å². The van der Waals surface area contributed by atoms with Crippen LogP contribution in [0.15, 0.2) is 29.2 Å². The topological polar surface area (TPSA) is 127 Å². The van der Waals surface area contributed by atoms with E-state index in [2.05, 4.69) is 0 Å². The fraction of sp³-hybridized carbons (Fsp3) is 0.500. The van der Waals surface area contributed by atoms with Crippen molar-refractivity contribution in [2.24, 2.45) is 5.73 Å². The average molecular weight is 333 g/mol. The third kappa shape index (κ3) is 7.51. The molecule has 0 bridgehead atoms. The quantitative estimate of drug-likeness (QED) is 0.683. The summed E-state index contributed by atoms with van der Waals surface area (Å²) in [4.78, 5) is 10.1. The minimum absolute atomic E-state index is 0.205. The average Bonchev–Trinajstić information content (AvgIpc) is 2.37. The highest BCUT2D eigenvalue weighted by atomic mass is 32.2. The minimum Gasteiger partial charge on any atom is -0.480 e. The van der Waals surface area contributed by atoms with Crippen molar-refractivity contribution in [1.82, 2.24) is 0 Å². The van der Waals surface area contributed by atoms with Gasteiger partial charge in [0.2, 0.25) is 0 Å². The molecule has 0 saturated carbocycles. The standard InChI is InChI=1S/C10H14O3S.C4H9NO3/c1-8(2)13-14(11,12)10-6-4-9(3)5-7-10;1-2(6)3(5)4(7)8/h4-8H,1-3H3;2-3,6H,5H2,1H3,(H,7,8)/t;2-,3+/m.1/s1. The Hall–Kier alpha value is -1.48. The van der Waals surface area contributed by atoms with Gasteiger partial charge in [-0.1, -0.05) is 17.7 Å². The molecule has 0 saturated heterocycles. The number of carboxylic acids is 1. The molecule has 7 nitrogen and oxygen atoms in total. The summed E-state index contributed by atoms with van der Waals surface area (Å²) in [5.74, 6) is -1.18. The van der Waals surface area contributed by atoms with Crippen LogP contribution in [0.1, 0.15) is 26.3 Å². The molecule has 0 aromatic heterocycles. The predicted molar refractivity (Wildman–Crippen MR) is 81.9 cm³/mol. The molecule has 1 aromatic rings. The lowest BCUT2D eigenvalue weighted by Gasteiger charge is -2.08. The van der Waals surface area contributed by atoms with Gasteiger partial charge in [0.15, 0.2) is 0 Å². The van der Waals surface area contributed by atoms with Crippen molar-refractivity contribution in [3.63, 3.8) is 0 Å². The largest absolute Gasteiger partial charge is 0.480 e. The van der Waals surface area contributed by atoms with E-state index >= 15 is 0 Å². The van der Waals surface area contributed by atoms with Gasteiger partial charge < -0.3 is 15.9 Å². The molecular formula is C14H23NO6S. The number of hydrogen-bond acceptors (Lipinski definition) is 6. The van der Waals surface area contributed by atoms with E-state index in [0.717, 1.165) is 5.56 Å². The van der Waals surface area contributed by atoms with Crippen molar-refractivity contribution in [3.05, 3.63) is 29.8 Å². The lowest BCUT2D eigenvalue weighted by molar-refractivity contribution is -0.140. The van der Waals surface area contributed by atoms with Crippen molar-refractivity contribution < 1.29 is 27.6 Å². The van der Waals surface area contributed by atoms with Gasteiger partial charge >= 0.3 is 5.97 Å². The van der Waals surface area contributed by atoms with E-state index < -0.39 is 28.2 Å². The second-order valence-electron chi connectivity index (χ2n) is 5.02. The fourth-order valence-electron chi connectivity index (χ4n) is 1.22. The summed E-state index contributed by atoms with van der Waals surface area (Å²) in [5, 5.41) is 16.6. The number of rotatable bonds is 5. The molecule has 8 heteroatoms. The molecule has 0 aliphatic heterocycles. The van der Waals surface area contributed by atoms with E-state index in [1.807, 2.05) is 6.92 Å². The molecule has 0 aliphatic rings. The fourth-order valence-corrected chi connectivity index (χ4v) is 2.31. The molecule has 0 fully saturated rings. The number of nitrogens with two attached hydrogens (primary N) is 1. The SMILES string of the molecule is C[C@@H](O)[C@H](N)C(=O)O.Cc1ccc(S(=O)(=O)OC(C)C)cc1. The van der Waals surface area contributed by atoms with Gasteiger partial charge in [0, 0.05) is 0 Å². The summed E-state index contributed by atoms with van der Waals surface area (Å²) in [5.41, 5.74) is 5.93. The summed E-state index contributed by atoms with van der Waals surface area (Å²) in [6, 6.07) is 5.43. The van der Waals surface area contributed by atoms with Crippen molar-refractivity contribution in [1.29, 1.82) is 0 Å². The third-order valence-electron chi connectivity index (χ3n) is 2.43. The van der Waals surface area contributed by atoms with Crippen LogP contribution >= 0.6 is 0 Å². The molecule has 0 aliphatic carbocycles. The number of benzene rings is 1. The minimum atomic E-state index is -3.58. The first kappa shape index (κ1) is 20.5. The Bertz CT molecular complexity index is 566. The number of aliphatic carboxylic acids is 1. The maximum Gasteiger partial charge on any atom is 0.323 e. The van der Waals surface area contributed by atoms with Crippen molar-refractivity contribution >= 4 is 16.1 Å². The van der Waals surface area contributed by atoms with Crippen molar-refractivity contribution in [2.45, 2.75) is 50.8 Å². The second kappa shape index (κ2) is 8.84. The van der Waals surface area contributed by atoms with E-state index in [1.54, 1.807) is 38.1 Å². The highest BCUT2D eigenvalue weighted by molar-refractivity contribution is 7.86. The first-order valence-corrected chi connectivity index (χ1v) is 8.04. The molecular weight excluding hydrogens is 310 g/mol. The number of carboxylic acid groups (broad SMARTS) is 1. The van der Waals surface area contributed by atoms with Gasteiger partial charge in [0.25, 0.3) is 10.1 Å². The van der Waals surface area contributed by atoms with Crippen molar-refractivity contribution in [3.8, 4) is 0 Å². The van der Waals surface area contributed by atoms with Crippen LogP contribution in [0.2, 0.25) is 0 Å². The zero-order valence-corrected chi connectivity index (χ0v) is 13.9. The summed E-state index contributed by atoms with van der Waals surface area (Å²) in [6.45, 7) is 6.61. The van der Waals surface area contributed by atoms with E-state index in [0.29, 0.717) is 0 Å². The van der Waals surface area contributed by atoms with E-state index in [9.17, 15) is 13.2 Å².